The molecule has 5 nitrogen and oxygen atoms in total. The largest absolute Gasteiger partial charge is 0.346 e. The average molecular weight is 410 g/mol. The Hall–Kier alpha value is -2.54. The summed E-state index contributed by atoms with van der Waals surface area (Å²) in [4.78, 5) is 15.2. The fourth-order valence-electron chi connectivity index (χ4n) is 4.19. The Morgan fingerprint density at radius 3 is 2.57 bits per heavy atom. The highest BCUT2D eigenvalue weighted by Crippen LogP contribution is 2.36. The molecule has 2 aliphatic rings. The van der Waals surface area contributed by atoms with Gasteiger partial charge in [0.15, 0.2) is 6.29 Å². The first-order valence-corrected chi connectivity index (χ1v) is 10.4. The fourth-order valence-corrected chi connectivity index (χ4v) is 4.19. The lowest BCUT2D eigenvalue weighted by Crippen LogP contribution is -2.48. The number of rotatable bonds is 5. The van der Waals surface area contributed by atoms with Crippen LogP contribution in [-0.2, 0) is 20.7 Å². The molecule has 2 aromatic carbocycles. The Labute approximate surface area is 176 Å². The topological polar surface area (TPSA) is 50.8 Å². The van der Waals surface area contributed by atoms with Crippen molar-refractivity contribution >= 4 is 5.91 Å². The highest BCUT2D eigenvalue weighted by molar-refractivity contribution is 5.94. The summed E-state index contributed by atoms with van der Waals surface area (Å²) in [5, 5.41) is 3.27. The van der Waals surface area contributed by atoms with Gasteiger partial charge in [-0.15, -0.1) is 0 Å². The second-order valence-electron chi connectivity index (χ2n) is 7.68. The molecule has 2 aliphatic heterocycles. The number of nitrogens with one attached hydrogen (secondary N) is 1. The van der Waals surface area contributed by atoms with E-state index < -0.39 is 6.29 Å². The normalized spacial score (nSPS) is 23.7. The molecule has 0 spiro atoms. The lowest BCUT2D eigenvalue weighted by atomic mass is 9.87. The van der Waals surface area contributed by atoms with Crippen molar-refractivity contribution in [1.82, 2.24) is 10.2 Å². The standard InChI is InChI=1S/C24H27FN2O3/c1-3-26-20-14-29-24(30-15-20)16(2)23(28)27-13-12-17-6-4-5-7-21(17)22(27)18-8-10-19(25)11-9-18/h4-11,20,22,24,26H,2-3,12-15H2,1H3/t20?,22-,24?/m0/s1. The van der Waals surface area contributed by atoms with Crippen molar-refractivity contribution in [2.24, 2.45) is 0 Å². The van der Waals surface area contributed by atoms with Gasteiger partial charge in [0.05, 0.1) is 30.9 Å². The molecule has 2 heterocycles. The fraction of sp³-hybridized carbons (Fsp3) is 0.375. The summed E-state index contributed by atoms with van der Waals surface area (Å²) in [6, 6.07) is 14.2. The summed E-state index contributed by atoms with van der Waals surface area (Å²) in [5.74, 6) is -0.505. The second kappa shape index (κ2) is 9.08. The predicted molar refractivity (Wildman–Crippen MR) is 112 cm³/mol. The van der Waals surface area contributed by atoms with E-state index in [1.165, 1.54) is 17.7 Å². The van der Waals surface area contributed by atoms with E-state index in [9.17, 15) is 9.18 Å². The summed E-state index contributed by atoms with van der Waals surface area (Å²) >= 11 is 0. The number of ether oxygens (including phenoxy) is 2. The first-order chi connectivity index (χ1) is 14.6. The number of carbonyl (C=O) groups excluding carboxylic acids is 1. The second-order valence-corrected chi connectivity index (χ2v) is 7.68. The maximum Gasteiger partial charge on any atom is 0.255 e. The van der Waals surface area contributed by atoms with Gasteiger partial charge in [0, 0.05) is 6.54 Å². The van der Waals surface area contributed by atoms with Crippen LogP contribution in [0.1, 0.15) is 29.7 Å². The van der Waals surface area contributed by atoms with Crippen LogP contribution in [0.5, 0.6) is 0 Å². The molecule has 30 heavy (non-hydrogen) atoms. The van der Waals surface area contributed by atoms with Crippen LogP contribution in [0.3, 0.4) is 0 Å². The molecule has 158 valence electrons. The quantitative estimate of drug-likeness (QED) is 0.769. The summed E-state index contributed by atoms with van der Waals surface area (Å²) < 4.78 is 25.1. The van der Waals surface area contributed by atoms with Gasteiger partial charge >= 0.3 is 0 Å². The number of fused-ring (bicyclic) bond motifs is 1. The van der Waals surface area contributed by atoms with Crippen LogP contribution in [0, 0.1) is 5.82 Å². The number of hydrogen-bond acceptors (Lipinski definition) is 4. The maximum atomic E-state index is 13.5. The first kappa shape index (κ1) is 20.7. The molecule has 0 aliphatic carbocycles. The van der Waals surface area contributed by atoms with E-state index in [1.807, 2.05) is 25.1 Å². The van der Waals surface area contributed by atoms with E-state index in [0.717, 1.165) is 24.1 Å². The zero-order chi connectivity index (χ0) is 21.1. The Morgan fingerprint density at radius 1 is 1.17 bits per heavy atom. The minimum Gasteiger partial charge on any atom is -0.346 e. The van der Waals surface area contributed by atoms with Crippen LogP contribution < -0.4 is 5.32 Å². The highest BCUT2D eigenvalue weighted by atomic mass is 19.1. The third kappa shape index (κ3) is 4.17. The molecule has 6 heteroatoms. The van der Waals surface area contributed by atoms with Gasteiger partial charge < -0.3 is 19.7 Å². The summed E-state index contributed by atoms with van der Waals surface area (Å²) in [7, 11) is 0. The van der Waals surface area contributed by atoms with Crippen molar-refractivity contribution in [3.63, 3.8) is 0 Å². The van der Waals surface area contributed by atoms with Crippen LogP contribution in [-0.4, -0.2) is 49.4 Å². The first-order valence-electron chi connectivity index (χ1n) is 10.4. The summed E-state index contributed by atoms with van der Waals surface area (Å²) in [5.41, 5.74) is 3.40. The minimum atomic E-state index is -0.751. The van der Waals surface area contributed by atoms with Gasteiger partial charge in [0.2, 0.25) is 0 Å². The molecular weight excluding hydrogens is 383 g/mol. The Balaban J connectivity index is 1.58. The number of nitrogens with zero attached hydrogens (tertiary/aromatic N) is 1. The van der Waals surface area contributed by atoms with Crippen molar-refractivity contribution in [2.75, 3.05) is 26.3 Å². The van der Waals surface area contributed by atoms with Crippen LogP contribution in [0.25, 0.3) is 0 Å². The van der Waals surface area contributed by atoms with Gasteiger partial charge in [-0.05, 0) is 41.8 Å². The van der Waals surface area contributed by atoms with Gasteiger partial charge in [-0.3, -0.25) is 4.79 Å². The molecule has 0 radical (unpaired) electrons. The van der Waals surface area contributed by atoms with E-state index in [1.54, 1.807) is 17.0 Å². The predicted octanol–water partition coefficient (Wildman–Crippen LogP) is 3.21. The molecule has 1 N–H and O–H groups in total. The number of amides is 1. The number of likely N-dealkylation sites (N-methyl/N-ethyl adjacent to an activating group) is 1. The van der Waals surface area contributed by atoms with Crippen LogP contribution in [0.4, 0.5) is 4.39 Å². The van der Waals surface area contributed by atoms with Crippen molar-refractivity contribution in [3.8, 4) is 0 Å². The van der Waals surface area contributed by atoms with Crippen molar-refractivity contribution in [1.29, 1.82) is 0 Å². The van der Waals surface area contributed by atoms with E-state index >= 15 is 0 Å². The van der Waals surface area contributed by atoms with Crippen LogP contribution in [0.15, 0.2) is 60.7 Å². The third-order valence-corrected chi connectivity index (χ3v) is 5.68. The molecule has 1 amide bonds. The molecule has 4 rings (SSSR count). The third-order valence-electron chi connectivity index (χ3n) is 5.68. The Kier molecular flexibility index (Phi) is 6.27. The summed E-state index contributed by atoms with van der Waals surface area (Å²) in [6.07, 6.45) is 0.000309. The van der Waals surface area contributed by atoms with Gasteiger partial charge in [0.25, 0.3) is 5.91 Å². The number of benzene rings is 2. The minimum absolute atomic E-state index is 0.114. The SMILES string of the molecule is C=C(C(=O)N1CCc2ccccc2[C@@H]1c1ccc(F)cc1)C1OCC(NCC)CO1. The van der Waals surface area contributed by atoms with Gasteiger partial charge in [0.1, 0.15) is 5.82 Å². The van der Waals surface area contributed by atoms with E-state index in [4.69, 9.17) is 9.47 Å². The Bertz CT molecular complexity index is 907. The number of hydrogen-bond donors (Lipinski definition) is 1. The van der Waals surface area contributed by atoms with E-state index in [0.29, 0.717) is 19.8 Å². The van der Waals surface area contributed by atoms with E-state index in [2.05, 4.69) is 18.0 Å². The lowest BCUT2D eigenvalue weighted by Gasteiger charge is -2.39. The van der Waals surface area contributed by atoms with Crippen LogP contribution >= 0.6 is 0 Å². The highest BCUT2D eigenvalue weighted by Gasteiger charge is 2.36. The molecule has 2 aromatic rings. The van der Waals surface area contributed by atoms with Crippen LogP contribution in [0.2, 0.25) is 0 Å². The monoisotopic (exact) mass is 410 g/mol. The number of carbonyl (C=O) groups is 1. The molecule has 0 saturated carbocycles. The van der Waals surface area contributed by atoms with Gasteiger partial charge in [-0.2, -0.15) is 0 Å². The Morgan fingerprint density at radius 2 is 1.87 bits per heavy atom. The maximum absolute atomic E-state index is 13.5. The molecule has 0 aromatic heterocycles. The van der Waals surface area contributed by atoms with Crippen molar-refractivity contribution < 1.29 is 18.7 Å². The molecule has 0 bridgehead atoms. The number of halogens is 1. The zero-order valence-corrected chi connectivity index (χ0v) is 17.1. The van der Waals surface area contributed by atoms with Gasteiger partial charge in [-0.1, -0.05) is 49.9 Å². The summed E-state index contributed by atoms with van der Waals surface area (Å²) in [6.45, 7) is 8.33. The molecule has 1 saturated heterocycles. The average Bonchev–Trinajstić information content (AvgIpc) is 2.79. The smallest absolute Gasteiger partial charge is 0.255 e. The molecular formula is C24H27FN2O3. The van der Waals surface area contributed by atoms with Crippen molar-refractivity contribution in [3.05, 3.63) is 83.2 Å². The molecule has 0 unspecified atom stereocenters. The molecule has 1 fully saturated rings. The van der Waals surface area contributed by atoms with Crippen molar-refractivity contribution in [2.45, 2.75) is 31.7 Å². The van der Waals surface area contributed by atoms with E-state index in [-0.39, 0.29) is 29.4 Å². The van der Waals surface area contributed by atoms with Gasteiger partial charge in [-0.25, -0.2) is 4.39 Å². The zero-order valence-electron chi connectivity index (χ0n) is 17.1. The molecule has 1 atom stereocenters. The lowest BCUT2D eigenvalue weighted by molar-refractivity contribution is -0.174.